The van der Waals surface area contributed by atoms with Crippen LogP contribution in [0.25, 0.3) is 0 Å². The molecular formula is C29H56P2. The summed E-state index contributed by atoms with van der Waals surface area (Å²) in [7, 11) is 0.453. The molecule has 4 heterocycles. The molecule has 0 saturated carbocycles. The van der Waals surface area contributed by atoms with Crippen LogP contribution < -0.4 is 0 Å². The fourth-order valence-electron chi connectivity index (χ4n) is 7.07. The van der Waals surface area contributed by atoms with Gasteiger partial charge in [0.05, 0.1) is 0 Å². The first-order valence-electron chi connectivity index (χ1n) is 13.9. The molecule has 0 N–H and O–H groups in total. The molecule has 0 spiro atoms. The highest BCUT2D eigenvalue weighted by molar-refractivity contribution is 7.74. The third kappa shape index (κ3) is 7.35. The minimum Gasteiger partial charge on any atom is -0.109 e. The Morgan fingerprint density at radius 2 is 1.29 bits per heavy atom. The van der Waals surface area contributed by atoms with Gasteiger partial charge in [0.1, 0.15) is 0 Å². The van der Waals surface area contributed by atoms with E-state index in [0.29, 0.717) is 18.8 Å². The van der Waals surface area contributed by atoms with Crippen LogP contribution in [0.5, 0.6) is 0 Å². The van der Waals surface area contributed by atoms with E-state index < -0.39 is 6.89 Å². The Morgan fingerprint density at radius 3 is 2.00 bits per heavy atom. The topological polar surface area (TPSA) is 0 Å². The molecule has 0 amide bonds. The molecule has 4 fully saturated rings. The molecule has 4 saturated heterocycles. The van der Waals surface area contributed by atoms with E-state index in [9.17, 15) is 0 Å². The molecule has 6 unspecified atom stereocenters. The molecule has 0 aromatic heterocycles. The van der Waals surface area contributed by atoms with Gasteiger partial charge in [-0.3, -0.25) is 0 Å². The summed E-state index contributed by atoms with van der Waals surface area (Å²) in [5.41, 5.74) is 3.28. The maximum Gasteiger partial charge on any atom is -0.0206 e. The van der Waals surface area contributed by atoms with Gasteiger partial charge >= 0.3 is 0 Å². The first-order chi connectivity index (χ1) is 14.5. The highest BCUT2D eigenvalue weighted by Gasteiger charge is 2.38. The van der Waals surface area contributed by atoms with E-state index in [1.165, 1.54) is 70.1 Å². The Morgan fingerprint density at radius 1 is 0.645 bits per heavy atom. The summed E-state index contributed by atoms with van der Waals surface area (Å²) in [5.74, 6) is 1.98. The fourth-order valence-corrected chi connectivity index (χ4v) is 14.5. The van der Waals surface area contributed by atoms with E-state index >= 15 is 0 Å². The van der Waals surface area contributed by atoms with Crippen LogP contribution in [0.2, 0.25) is 0 Å². The second-order valence-electron chi connectivity index (χ2n) is 13.9. The van der Waals surface area contributed by atoms with E-state index in [-0.39, 0.29) is 0 Å². The predicted octanol–water partition coefficient (Wildman–Crippen LogP) is 9.70. The summed E-state index contributed by atoms with van der Waals surface area (Å²) in [6, 6.07) is 0. The normalized spacial score (nSPS) is 39.7. The smallest absolute Gasteiger partial charge is 0.0206 e. The fraction of sp³-hybridized carbons (Fsp3) is 0.966. The molecule has 0 nitrogen and oxygen atoms in total. The monoisotopic (exact) mass is 466 g/mol. The summed E-state index contributed by atoms with van der Waals surface area (Å²) >= 11 is 0. The van der Waals surface area contributed by atoms with Crippen molar-refractivity contribution in [2.45, 2.75) is 130 Å². The highest BCUT2D eigenvalue weighted by Crippen LogP contribution is 2.62. The van der Waals surface area contributed by atoms with Crippen molar-refractivity contribution in [3.8, 4) is 0 Å². The number of hydrogen-bond acceptors (Lipinski definition) is 0. The van der Waals surface area contributed by atoms with E-state index in [2.05, 4.69) is 41.5 Å². The SMILES string of the molecule is C=P12CCCCCC1CC(C(C)(C)C)CC2.CC(C)(C)C1CCP2CCCCCC2C1. The summed E-state index contributed by atoms with van der Waals surface area (Å²) < 4.78 is 0. The second-order valence-corrected chi connectivity index (χ2v) is 20.7. The molecule has 4 aliphatic heterocycles. The molecule has 0 aromatic rings. The second kappa shape index (κ2) is 11.0. The Balaban J connectivity index is 0.000000176. The summed E-state index contributed by atoms with van der Waals surface area (Å²) in [6.45, 7) is 13.9. The number of rotatable bonds is 0. The van der Waals surface area contributed by atoms with Crippen molar-refractivity contribution < 1.29 is 0 Å². The van der Waals surface area contributed by atoms with E-state index in [1.54, 1.807) is 31.6 Å². The molecule has 31 heavy (non-hydrogen) atoms. The zero-order valence-electron chi connectivity index (χ0n) is 22.2. The number of fused-ring (bicyclic) bond motifs is 2. The predicted molar refractivity (Wildman–Crippen MR) is 149 cm³/mol. The van der Waals surface area contributed by atoms with Crippen molar-refractivity contribution in [2.75, 3.05) is 24.6 Å². The van der Waals surface area contributed by atoms with E-state index in [4.69, 9.17) is 6.30 Å². The van der Waals surface area contributed by atoms with Crippen LogP contribution in [-0.4, -0.2) is 42.3 Å². The van der Waals surface area contributed by atoms with Gasteiger partial charge in [0.25, 0.3) is 0 Å². The van der Waals surface area contributed by atoms with Crippen molar-refractivity contribution in [2.24, 2.45) is 22.7 Å². The van der Waals surface area contributed by atoms with Crippen LogP contribution in [0.1, 0.15) is 119 Å². The van der Waals surface area contributed by atoms with Crippen molar-refractivity contribution >= 4 is 21.1 Å². The Kier molecular flexibility index (Phi) is 9.33. The van der Waals surface area contributed by atoms with Crippen molar-refractivity contribution in [3.05, 3.63) is 0 Å². The van der Waals surface area contributed by atoms with Gasteiger partial charge in [-0.15, -0.1) is 21.1 Å². The maximum absolute atomic E-state index is 4.74. The Bertz CT molecular complexity index is 593. The quantitative estimate of drug-likeness (QED) is 0.312. The molecule has 2 heteroatoms. The third-order valence-corrected chi connectivity index (χ3v) is 17.3. The largest absolute Gasteiger partial charge is 0.109 e. The molecule has 6 atom stereocenters. The van der Waals surface area contributed by atoms with Crippen molar-refractivity contribution in [1.29, 1.82) is 0 Å². The first-order valence-corrected chi connectivity index (χ1v) is 18.1. The van der Waals surface area contributed by atoms with Crippen molar-refractivity contribution in [1.82, 2.24) is 0 Å². The zero-order chi connectivity index (χ0) is 22.7. The maximum atomic E-state index is 4.74. The lowest BCUT2D eigenvalue weighted by molar-refractivity contribution is 0.210. The first kappa shape index (κ1) is 26.3. The van der Waals surface area contributed by atoms with Gasteiger partial charge < -0.3 is 0 Å². The summed E-state index contributed by atoms with van der Waals surface area (Å²) in [5, 5.41) is 0. The minimum absolute atomic E-state index is 0.453. The van der Waals surface area contributed by atoms with Crippen LogP contribution in [0.3, 0.4) is 0 Å². The van der Waals surface area contributed by atoms with Gasteiger partial charge in [0, 0.05) is 0 Å². The Labute approximate surface area is 198 Å². The van der Waals surface area contributed by atoms with E-state index in [0.717, 1.165) is 23.2 Å². The zero-order valence-corrected chi connectivity index (χ0v) is 24.0. The average Bonchev–Trinajstić information content (AvgIpc) is 3.03. The van der Waals surface area contributed by atoms with Gasteiger partial charge in [0.2, 0.25) is 0 Å². The van der Waals surface area contributed by atoms with Gasteiger partial charge in [-0.1, -0.05) is 67.2 Å². The molecule has 4 aliphatic rings. The van der Waals surface area contributed by atoms with Gasteiger partial charge in [-0.25, -0.2) is 0 Å². The van der Waals surface area contributed by atoms with Crippen LogP contribution in [0.4, 0.5) is 0 Å². The molecule has 4 rings (SSSR count). The van der Waals surface area contributed by atoms with Gasteiger partial charge in [0.15, 0.2) is 0 Å². The van der Waals surface area contributed by atoms with E-state index in [1.807, 2.05) is 0 Å². The number of hydrogen-bond donors (Lipinski definition) is 0. The van der Waals surface area contributed by atoms with Gasteiger partial charge in [-0.05, 0) is 110 Å². The molecule has 0 aliphatic carbocycles. The van der Waals surface area contributed by atoms with Crippen molar-refractivity contribution in [3.63, 3.8) is 0 Å². The van der Waals surface area contributed by atoms with Crippen LogP contribution >= 0.6 is 14.8 Å². The van der Waals surface area contributed by atoms with Crippen LogP contribution in [0.15, 0.2) is 0 Å². The molecule has 0 radical (unpaired) electrons. The summed E-state index contributed by atoms with van der Waals surface area (Å²) in [4.78, 5) is 0. The lowest BCUT2D eigenvalue weighted by Crippen LogP contribution is -2.31. The minimum atomic E-state index is -0.768. The highest BCUT2D eigenvalue weighted by atomic mass is 31.2. The van der Waals surface area contributed by atoms with Crippen LogP contribution in [-0.2, 0) is 0 Å². The molecular weight excluding hydrogens is 410 g/mol. The summed E-state index contributed by atoms with van der Waals surface area (Å²) in [6.07, 6.45) is 29.1. The lowest BCUT2D eigenvalue weighted by atomic mass is 9.76. The van der Waals surface area contributed by atoms with Gasteiger partial charge in [-0.2, -0.15) is 0 Å². The standard InChI is InChI=1S/C15H29P.C14H27P/c1-15(2,3)13-9-11-16(4)10-7-5-6-8-14(16)12-13;1-14(2,3)12-8-10-15-9-6-4-5-7-13(15)11-12/h13-14H,4-12H2,1-3H3;12-13H,4-11H2,1-3H3. The third-order valence-electron chi connectivity index (χ3n) is 9.66. The molecule has 0 aromatic carbocycles. The molecule has 182 valence electrons. The average molecular weight is 467 g/mol. The Hall–Kier alpha value is 0.730. The van der Waals surface area contributed by atoms with Crippen LogP contribution in [0, 0.1) is 22.7 Å². The lowest BCUT2D eigenvalue weighted by Gasteiger charge is -2.45. The molecule has 0 bridgehead atoms.